The second kappa shape index (κ2) is 8.91. The van der Waals surface area contributed by atoms with Gasteiger partial charge < -0.3 is 10.0 Å². The standard InChI is InChI=1S/C20H23NO2/c1-2-3-14-20(23)21(15-17-10-6-4-7-11-17)19(16-22)18-12-8-5-9-13-18/h3-14,19,22H,2,15-16H2,1H3/b14-3+/t19-/m0/s1. The van der Waals surface area contributed by atoms with Gasteiger partial charge in [-0.15, -0.1) is 0 Å². The van der Waals surface area contributed by atoms with Crippen molar-refractivity contribution >= 4 is 5.91 Å². The molecule has 0 aromatic heterocycles. The van der Waals surface area contributed by atoms with Crippen LogP contribution < -0.4 is 0 Å². The van der Waals surface area contributed by atoms with Gasteiger partial charge in [-0.25, -0.2) is 0 Å². The van der Waals surface area contributed by atoms with E-state index < -0.39 is 0 Å². The molecule has 0 radical (unpaired) electrons. The summed E-state index contributed by atoms with van der Waals surface area (Å²) in [5.74, 6) is -0.0846. The number of benzene rings is 2. The number of amides is 1. The van der Waals surface area contributed by atoms with E-state index >= 15 is 0 Å². The first kappa shape index (κ1) is 17.0. The van der Waals surface area contributed by atoms with Gasteiger partial charge in [-0.1, -0.05) is 73.7 Å². The highest BCUT2D eigenvalue weighted by atomic mass is 16.3. The molecule has 2 aromatic rings. The van der Waals surface area contributed by atoms with E-state index in [1.165, 1.54) is 0 Å². The van der Waals surface area contributed by atoms with Crippen LogP contribution in [0.25, 0.3) is 0 Å². The van der Waals surface area contributed by atoms with Crippen molar-refractivity contribution in [1.82, 2.24) is 4.90 Å². The van der Waals surface area contributed by atoms with Gasteiger partial charge in [-0.05, 0) is 23.6 Å². The molecule has 0 spiro atoms. The SMILES string of the molecule is CC/C=C/C(=O)N(Cc1ccccc1)[C@@H](CO)c1ccccc1. The smallest absolute Gasteiger partial charge is 0.247 e. The molecule has 0 fully saturated rings. The fourth-order valence-electron chi connectivity index (χ4n) is 2.50. The zero-order valence-electron chi connectivity index (χ0n) is 13.4. The third-order valence-electron chi connectivity index (χ3n) is 3.71. The molecule has 0 unspecified atom stereocenters. The van der Waals surface area contributed by atoms with E-state index in [1.807, 2.05) is 73.7 Å². The van der Waals surface area contributed by atoms with Gasteiger partial charge >= 0.3 is 0 Å². The van der Waals surface area contributed by atoms with Gasteiger partial charge in [-0.2, -0.15) is 0 Å². The molecule has 3 heteroatoms. The predicted octanol–water partition coefficient (Wildman–Crippen LogP) is 3.72. The van der Waals surface area contributed by atoms with E-state index in [2.05, 4.69) is 0 Å². The lowest BCUT2D eigenvalue weighted by atomic mass is 10.0. The Morgan fingerprint density at radius 2 is 1.70 bits per heavy atom. The molecule has 1 amide bonds. The maximum absolute atomic E-state index is 12.6. The quantitative estimate of drug-likeness (QED) is 0.792. The minimum absolute atomic E-state index is 0.0846. The lowest BCUT2D eigenvalue weighted by Gasteiger charge is -2.30. The average Bonchev–Trinajstić information content (AvgIpc) is 2.61. The molecule has 3 nitrogen and oxygen atoms in total. The van der Waals surface area contributed by atoms with Crippen LogP contribution in [0.1, 0.15) is 30.5 Å². The highest BCUT2D eigenvalue weighted by molar-refractivity contribution is 5.88. The van der Waals surface area contributed by atoms with Crippen molar-refractivity contribution in [1.29, 1.82) is 0 Å². The van der Waals surface area contributed by atoms with Crippen molar-refractivity contribution in [3.8, 4) is 0 Å². The minimum atomic E-state index is -0.356. The number of rotatable bonds is 7. The Balaban J connectivity index is 2.31. The Labute approximate surface area is 137 Å². The summed E-state index contributed by atoms with van der Waals surface area (Å²) in [6, 6.07) is 19.1. The number of carbonyl (C=O) groups is 1. The third kappa shape index (κ3) is 4.80. The van der Waals surface area contributed by atoms with E-state index in [0.29, 0.717) is 6.54 Å². The molecule has 0 aliphatic rings. The number of aliphatic hydroxyl groups excluding tert-OH is 1. The molecule has 0 bridgehead atoms. The topological polar surface area (TPSA) is 40.5 Å². The van der Waals surface area contributed by atoms with Gasteiger partial charge in [0.1, 0.15) is 0 Å². The van der Waals surface area contributed by atoms with Crippen LogP contribution in [0, 0.1) is 0 Å². The third-order valence-corrected chi connectivity index (χ3v) is 3.71. The van der Waals surface area contributed by atoms with E-state index in [1.54, 1.807) is 11.0 Å². The van der Waals surface area contributed by atoms with Gasteiger partial charge in [0.05, 0.1) is 12.6 Å². The lowest BCUT2D eigenvalue weighted by molar-refractivity contribution is -0.130. The highest BCUT2D eigenvalue weighted by Crippen LogP contribution is 2.23. The van der Waals surface area contributed by atoms with Crippen LogP contribution in [-0.2, 0) is 11.3 Å². The highest BCUT2D eigenvalue weighted by Gasteiger charge is 2.23. The normalized spacial score (nSPS) is 12.3. The Kier molecular flexibility index (Phi) is 6.57. The van der Waals surface area contributed by atoms with Crippen molar-refractivity contribution < 1.29 is 9.90 Å². The van der Waals surface area contributed by atoms with Gasteiger partial charge in [-0.3, -0.25) is 4.79 Å². The van der Waals surface area contributed by atoms with Crippen LogP contribution in [0.15, 0.2) is 72.8 Å². The van der Waals surface area contributed by atoms with Crippen LogP contribution in [-0.4, -0.2) is 22.5 Å². The molecule has 23 heavy (non-hydrogen) atoms. The number of nitrogens with zero attached hydrogens (tertiary/aromatic N) is 1. The largest absolute Gasteiger partial charge is 0.394 e. The first-order valence-electron chi connectivity index (χ1n) is 7.93. The van der Waals surface area contributed by atoms with Gasteiger partial charge in [0.25, 0.3) is 0 Å². The van der Waals surface area contributed by atoms with Crippen LogP contribution in [0.4, 0.5) is 0 Å². The van der Waals surface area contributed by atoms with Crippen LogP contribution >= 0.6 is 0 Å². The average molecular weight is 309 g/mol. The lowest BCUT2D eigenvalue weighted by Crippen LogP contribution is -2.35. The summed E-state index contributed by atoms with van der Waals surface area (Å²) in [6.45, 7) is 2.35. The summed E-state index contributed by atoms with van der Waals surface area (Å²) in [7, 11) is 0. The maximum Gasteiger partial charge on any atom is 0.247 e. The van der Waals surface area contributed by atoms with Crippen molar-refractivity contribution in [2.45, 2.75) is 25.9 Å². The molecule has 0 aliphatic carbocycles. The number of hydrogen-bond acceptors (Lipinski definition) is 2. The summed E-state index contributed by atoms with van der Waals surface area (Å²) in [5.41, 5.74) is 1.98. The van der Waals surface area contributed by atoms with E-state index in [4.69, 9.17) is 0 Å². The maximum atomic E-state index is 12.6. The van der Waals surface area contributed by atoms with Crippen LogP contribution in [0.3, 0.4) is 0 Å². The van der Waals surface area contributed by atoms with Crippen molar-refractivity contribution in [2.24, 2.45) is 0 Å². The summed E-state index contributed by atoms with van der Waals surface area (Å²) in [5, 5.41) is 9.88. The van der Waals surface area contributed by atoms with Crippen LogP contribution in [0.5, 0.6) is 0 Å². The molecule has 0 saturated carbocycles. The van der Waals surface area contributed by atoms with E-state index in [0.717, 1.165) is 17.5 Å². The minimum Gasteiger partial charge on any atom is -0.394 e. The zero-order valence-corrected chi connectivity index (χ0v) is 13.4. The second-order valence-electron chi connectivity index (χ2n) is 5.37. The summed E-state index contributed by atoms with van der Waals surface area (Å²) in [6.07, 6.45) is 4.24. The molecular weight excluding hydrogens is 286 g/mol. The Morgan fingerprint density at radius 3 is 2.26 bits per heavy atom. The van der Waals surface area contributed by atoms with E-state index in [9.17, 15) is 9.90 Å². The molecular formula is C20H23NO2. The molecule has 0 saturated heterocycles. The molecule has 1 N–H and O–H groups in total. The fraction of sp³-hybridized carbons (Fsp3) is 0.250. The monoisotopic (exact) mass is 309 g/mol. The van der Waals surface area contributed by atoms with Gasteiger partial charge in [0.15, 0.2) is 0 Å². The van der Waals surface area contributed by atoms with Gasteiger partial charge in [0.2, 0.25) is 5.91 Å². The van der Waals surface area contributed by atoms with Crippen molar-refractivity contribution in [2.75, 3.05) is 6.61 Å². The molecule has 0 aliphatic heterocycles. The summed E-state index contributed by atoms with van der Waals surface area (Å²) in [4.78, 5) is 14.3. The van der Waals surface area contributed by atoms with Crippen molar-refractivity contribution in [3.63, 3.8) is 0 Å². The Bertz CT molecular complexity index is 623. The number of carbonyl (C=O) groups excluding carboxylic acids is 1. The molecule has 0 heterocycles. The fourth-order valence-corrected chi connectivity index (χ4v) is 2.50. The second-order valence-corrected chi connectivity index (χ2v) is 5.37. The first-order chi connectivity index (χ1) is 11.3. The van der Waals surface area contributed by atoms with E-state index in [-0.39, 0.29) is 18.6 Å². The molecule has 1 atom stereocenters. The first-order valence-corrected chi connectivity index (χ1v) is 7.93. The predicted molar refractivity (Wildman–Crippen MR) is 92.7 cm³/mol. The van der Waals surface area contributed by atoms with Gasteiger partial charge in [0, 0.05) is 6.54 Å². The Hall–Kier alpha value is -2.39. The van der Waals surface area contributed by atoms with Crippen molar-refractivity contribution in [3.05, 3.63) is 83.9 Å². The molecule has 2 rings (SSSR count). The number of allylic oxidation sites excluding steroid dienone is 1. The summed E-state index contributed by atoms with van der Waals surface area (Å²) >= 11 is 0. The summed E-state index contributed by atoms with van der Waals surface area (Å²) < 4.78 is 0. The molecule has 2 aromatic carbocycles. The molecule has 120 valence electrons. The van der Waals surface area contributed by atoms with Crippen LogP contribution in [0.2, 0.25) is 0 Å². The number of aliphatic hydroxyl groups is 1. The number of hydrogen-bond donors (Lipinski definition) is 1. The zero-order chi connectivity index (χ0) is 16.5. The Morgan fingerprint density at radius 1 is 1.09 bits per heavy atom.